The smallest absolute Gasteiger partial charge is 0.223 e. The van der Waals surface area contributed by atoms with Crippen LogP contribution in [0.25, 0.3) is 22.3 Å². The summed E-state index contributed by atoms with van der Waals surface area (Å²) in [7, 11) is 0. The van der Waals surface area contributed by atoms with E-state index in [9.17, 15) is 5.11 Å². The number of aliphatic hydroxyl groups is 1. The first-order valence-corrected chi connectivity index (χ1v) is 10.6. The van der Waals surface area contributed by atoms with Crippen LogP contribution in [0.4, 0.5) is 10.3 Å². The highest BCUT2D eigenvalue weighted by Gasteiger charge is 2.28. The van der Waals surface area contributed by atoms with Crippen molar-refractivity contribution in [2.24, 2.45) is 0 Å². The number of halogens is 2. The minimum absolute atomic E-state index is 0.213. The maximum Gasteiger partial charge on any atom is 0.223 e. The van der Waals surface area contributed by atoms with E-state index >= 15 is 4.39 Å². The summed E-state index contributed by atoms with van der Waals surface area (Å²) in [6.07, 6.45) is 3.24. The lowest BCUT2D eigenvalue weighted by molar-refractivity contribution is -0.0136. The summed E-state index contributed by atoms with van der Waals surface area (Å²) < 4.78 is 22.4. The molecule has 9 heteroatoms. The second-order valence-electron chi connectivity index (χ2n) is 8.07. The Morgan fingerprint density at radius 3 is 2.97 bits per heavy atom. The quantitative estimate of drug-likeness (QED) is 0.658. The number of aliphatic hydroxyl groups excluding tert-OH is 1. The van der Waals surface area contributed by atoms with Crippen LogP contribution >= 0.6 is 11.6 Å². The number of anilines is 1. The number of hydrogen-bond acceptors (Lipinski definition) is 6. The summed E-state index contributed by atoms with van der Waals surface area (Å²) in [6, 6.07) is 1.52. The molecule has 2 aliphatic heterocycles. The van der Waals surface area contributed by atoms with E-state index in [-0.39, 0.29) is 24.5 Å². The zero-order valence-electron chi connectivity index (χ0n) is 16.8. The zero-order valence-corrected chi connectivity index (χ0v) is 17.6. The van der Waals surface area contributed by atoms with Gasteiger partial charge in [0.25, 0.3) is 0 Å². The number of aryl methyl sites for hydroxylation is 2. The second kappa shape index (κ2) is 7.44. The van der Waals surface area contributed by atoms with Crippen molar-refractivity contribution in [1.82, 2.24) is 19.5 Å². The van der Waals surface area contributed by atoms with E-state index < -0.39 is 6.10 Å². The SMILES string of the molecule is Cc1nc2c(F)cc(-c3nc(N[C@@H]4CCOC[C@H]4O)ncc3Cl)c3c2n1[C@@H](C)CC3. The Kier molecular flexibility index (Phi) is 4.88. The lowest BCUT2D eigenvalue weighted by Gasteiger charge is -2.28. The molecule has 1 aromatic carbocycles. The predicted molar refractivity (Wildman–Crippen MR) is 112 cm³/mol. The molecule has 4 heterocycles. The van der Waals surface area contributed by atoms with Gasteiger partial charge in [0, 0.05) is 18.2 Å². The molecule has 3 aromatic rings. The van der Waals surface area contributed by atoms with Gasteiger partial charge in [-0.25, -0.2) is 19.3 Å². The van der Waals surface area contributed by atoms with Crippen molar-refractivity contribution >= 4 is 28.6 Å². The van der Waals surface area contributed by atoms with Crippen molar-refractivity contribution in [3.8, 4) is 11.3 Å². The van der Waals surface area contributed by atoms with Crippen molar-refractivity contribution < 1.29 is 14.2 Å². The normalized spacial score (nSPS) is 23.7. The first kappa shape index (κ1) is 19.7. The molecule has 2 aromatic heterocycles. The minimum Gasteiger partial charge on any atom is -0.389 e. The highest BCUT2D eigenvalue weighted by Crippen LogP contribution is 2.40. The number of aromatic nitrogens is 4. The molecule has 0 saturated carbocycles. The topological polar surface area (TPSA) is 85.1 Å². The number of imidazole rings is 1. The average Bonchev–Trinajstić information content (AvgIpc) is 3.08. The first-order chi connectivity index (χ1) is 14.4. The largest absolute Gasteiger partial charge is 0.389 e. The third-order valence-electron chi connectivity index (χ3n) is 6.09. The summed E-state index contributed by atoms with van der Waals surface area (Å²) in [4.78, 5) is 13.3. The van der Waals surface area contributed by atoms with Crippen molar-refractivity contribution in [2.75, 3.05) is 18.5 Å². The monoisotopic (exact) mass is 431 g/mol. The number of benzene rings is 1. The van der Waals surface area contributed by atoms with Gasteiger partial charge >= 0.3 is 0 Å². The van der Waals surface area contributed by atoms with E-state index in [1.54, 1.807) is 0 Å². The van der Waals surface area contributed by atoms with Gasteiger partial charge in [-0.05, 0) is 44.7 Å². The third-order valence-corrected chi connectivity index (χ3v) is 6.37. The molecule has 1 saturated heterocycles. The Hall–Kier alpha value is -2.29. The third kappa shape index (κ3) is 3.14. The Morgan fingerprint density at radius 1 is 1.33 bits per heavy atom. The molecule has 2 aliphatic rings. The van der Waals surface area contributed by atoms with Gasteiger partial charge in [-0.2, -0.15) is 0 Å². The summed E-state index contributed by atoms with van der Waals surface area (Å²) in [5, 5.41) is 13.7. The molecule has 2 N–H and O–H groups in total. The maximum atomic E-state index is 15.0. The highest BCUT2D eigenvalue weighted by atomic mass is 35.5. The van der Waals surface area contributed by atoms with Gasteiger partial charge in [0.15, 0.2) is 5.82 Å². The Morgan fingerprint density at radius 2 is 2.17 bits per heavy atom. The average molecular weight is 432 g/mol. The number of nitrogens with one attached hydrogen (secondary N) is 1. The Bertz CT molecular complexity index is 1130. The molecule has 7 nitrogen and oxygen atoms in total. The van der Waals surface area contributed by atoms with Crippen LogP contribution in [0.2, 0.25) is 5.02 Å². The molecule has 0 radical (unpaired) electrons. The molecule has 0 unspecified atom stereocenters. The molecule has 0 amide bonds. The first-order valence-electron chi connectivity index (χ1n) is 10.2. The summed E-state index contributed by atoms with van der Waals surface area (Å²) in [6.45, 7) is 4.86. The summed E-state index contributed by atoms with van der Waals surface area (Å²) in [5.74, 6) is 0.768. The predicted octanol–water partition coefficient (Wildman–Crippen LogP) is 3.66. The maximum absolute atomic E-state index is 15.0. The van der Waals surface area contributed by atoms with Crippen LogP contribution in [0.15, 0.2) is 12.3 Å². The van der Waals surface area contributed by atoms with Gasteiger partial charge in [-0.1, -0.05) is 11.6 Å². The molecule has 0 spiro atoms. The second-order valence-corrected chi connectivity index (χ2v) is 8.48. The van der Waals surface area contributed by atoms with Crippen LogP contribution in [0.1, 0.15) is 37.2 Å². The molecule has 5 rings (SSSR count). The summed E-state index contributed by atoms with van der Waals surface area (Å²) in [5.41, 5.74) is 3.36. The number of rotatable bonds is 3. The number of ether oxygens (including phenoxy) is 1. The van der Waals surface area contributed by atoms with E-state index in [1.807, 2.05) is 6.92 Å². The van der Waals surface area contributed by atoms with Crippen LogP contribution in [0.5, 0.6) is 0 Å². The van der Waals surface area contributed by atoms with Gasteiger partial charge < -0.3 is 19.7 Å². The van der Waals surface area contributed by atoms with Crippen molar-refractivity contribution in [1.29, 1.82) is 0 Å². The van der Waals surface area contributed by atoms with Crippen LogP contribution in [0.3, 0.4) is 0 Å². The minimum atomic E-state index is -0.643. The van der Waals surface area contributed by atoms with Gasteiger partial charge in [0.1, 0.15) is 11.3 Å². The fraction of sp³-hybridized carbons (Fsp3) is 0.476. The molecule has 30 heavy (non-hydrogen) atoms. The number of nitrogens with zero attached hydrogens (tertiary/aromatic N) is 4. The van der Waals surface area contributed by atoms with Crippen molar-refractivity contribution in [3.63, 3.8) is 0 Å². The molecule has 0 aliphatic carbocycles. The zero-order chi connectivity index (χ0) is 21.0. The fourth-order valence-corrected chi connectivity index (χ4v) is 4.77. The van der Waals surface area contributed by atoms with Crippen LogP contribution in [0, 0.1) is 12.7 Å². The molecular formula is C21H23ClFN5O2. The van der Waals surface area contributed by atoms with Crippen LogP contribution < -0.4 is 5.32 Å². The molecule has 158 valence electrons. The van der Waals surface area contributed by atoms with Crippen LogP contribution in [-0.2, 0) is 11.2 Å². The van der Waals surface area contributed by atoms with Crippen molar-refractivity contribution in [2.45, 2.75) is 51.3 Å². The van der Waals surface area contributed by atoms with Gasteiger partial charge in [-0.3, -0.25) is 0 Å². The van der Waals surface area contributed by atoms with E-state index in [0.717, 1.165) is 29.7 Å². The highest BCUT2D eigenvalue weighted by molar-refractivity contribution is 6.33. The fourth-order valence-electron chi connectivity index (χ4n) is 4.58. The van der Waals surface area contributed by atoms with Gasteiger partial charge in [0.2, 0.25) is 5.95 Å². The molecule has 1 fully saturated rings. The molecule has 0 bridgehead atoms. The standard InChI is InChI=1S/C21H23ClFN5O2/c1-10-3-4-12-13(7-15(23)19-20(12)28(10)11(2)25-19)18-14(22)8-24-21(27-18)26-16-5-6-30-9-17(16)29/h7-8,10,16-17,29H,3-6,9H2,1-2H3,(H,24,26,27)/t10-,16+,17+/m0/s1. The van der Waals surface area contributed by atoms with E-state index in [1.165, 1.54) is 12.3 Å². The molecule has 3 atom stereocenters. The number of hydrogen-bond donors (Lipinski definition) is 2. The Balaban J connectivity index is 1.62. The van der Waals surface area contributed by atoms with Gasteiger partial charge in [-0.15, -0.1) is 0 Å². The van der Waals surface area contributed by atoms with Crippen molar-refractivity contribution in [3.05, 3.63) is 34.5 Å². The van der Waals surface area contributed by atoms with Crippen LogP contribution in [-0.4, -0.2) is 50.0 Å². The Labute approximate surface area is 178 Å². The summed E-state index contributed by atoms with van der Waals surface area (Å²) >= 11 is 6.46. The van der Waals surface area contributed by atoms with Gasteiger partial charge in [0.05, 0.1) is 41.2 Å². The lowest BCUT2D eigenvalue weighted by atomic mass is 9.93. The van der Waals surface area contributed by atoms with E-state index in [4.69, 9.17) is 16.3 Å². The molecular weight excluding hydrogens is 409 g/mol. The lowest BCUT2D eigenvalue weighted by Crippen LogP contribution is -2.42. The van der Waals surface area contributed by atoms with E-state index in [0.29, 0.717) is 40.8 Å². The van der Waals surface area contributed by atoms with E-state index in [2.05, 4.69) is 31.8 Å².